The van der Waals surface area contributed by atoms with Crippen molar-refractivity contribution in [2.75, 3.05) is 0 Å². The van der Waals surface area contributed by atoms with E-state index in [9.17, 15) is 13.6 Å². The highest BCUT2D eigenvalue weighted by Gasteiger charge is 2.16. The lowest BCUT2D eigenvalue weighted by Crippen LogP contribution is -2.05. The normalized spacial score (nSPS) is 9.72. The summed E-state index contributed by atoms with van der Waals surface area (Å²) in [7, 11) is 0. The average molecular weight is 252 g/mol. The number of benzene rings is 1. The van der Waals surface area contributed by atoms with Gasteiger partial charge in [0.25, 0.3) is 0 Å². The Morgan fingerprint density at radius 1 is 1.28 bits per heavy atom. The summed E-state index contributed by atoms with van der Waals surface area (Å²) < 4.78 is 26.6. The van der Waals surface area contributed by atoms with Gasteiger partial charge in [-0.2, -0.15) is 0 Å². The molecule has 0 saturated heterocycles. The first-order valence-electron chi connectivity index (χ1n) is 5.77. The van der Waals surface area contributed by atoms with Crippen LogP contribution < -0.4 is 0 Å². The third kappa shape index (κ3) is 3.85. The van der Waals surface area contributed by atoms with E-state index < -0.39 is 23.2 Å². The van der Waals surface area contributed by atoms with Crippen LogP contribution in [0.3, 0.4) is 0 Å². The fraction of sp³-hybridized carbons (Fsp3) is 0.357. The third-order valence-corrected chi connectivity index (χ3v) is 2.39. The van der Waals surface area contributed by atoms with Crippen LogP contribution in [-0.4, -0.2) is 11.1 Å². The second-order valence-electron chi connectivity index (χ2n) is 3.88. The molecule has 0 spiro atoms. The van der Waals surface area contributed by atoms with E-state index in [0.29, 0.717) is 6.42 Å². The first-order valence-corrected chi connectivity index (χ1v) is 5.77. The minimum atomic E-state index is -1.62. The van der Waals surface area contributed by atoms with Gasteiger partial charge in [0, 0.05) is 12.0 Å². The topological polar surface area (TPSA) is 37.3 Å². The van der Waals surface area contributed by atoms with Crippen LogP contribution in [0.15, 0.2) is 12.1 Å². The fourth-order valence-corrected chi connectivity index (χ4v) is 1.48. The van der Waals surface area contributed by atoms with Gasteiger partial charge in [0.2, 0.25) is 0 Å². The predicted molar refractivity (Wildman–Crippen MR) is 64.3 cm³/mol. The van der Waals surface area contributed by atoms with Gasteiger partial charge in [-0.25, -0.2) is 13.6 Å². The van der Waals surface area contributed by atoms with Gasteiger partial charge < -0.3 is 5.11 Å². The Kier molecular flexibility index (Phi) is 5.31. The molecule has 96 valence electrons. The molecular weight excluding hydrogens is 238 g/mol. The molecular formula is C14H14F2O2. The molecule has 2 nitrogen and oxygen atoms in total. The molecule has 0 heterocycles. The molecule has 0 aromatic heterocycles. The number of carboxylic acid groups (broad SMARTS) is 1. The van der Waals surface area contributed by atoms with Crippen LogP contribution in [0.25, 0.3) is 0 Å². The van der Waals surface area contributed by atoms with Crippen LogP contribution in [0.4, 0.5) is 8.78 Å². The summed E-state index contributed by atoms with van der Waals surface area (Å²) in [6, 6.07) is 1.89. The van der Waals surface area contributed by atoms with Crippen molar-refractivity contribution in [3.05, 3.63) is 34.9 Å². The van der Waals surface area contributed by atoms with Crippen LogP contribution in [0.1, 0.15) is 48.5 Å². The SMILES string of the molecule is CCCCCC#Cc1cc(F)c(C(=O)O)c(F)c1. The molecule has 0 amide bonds. The Labute approximate surface area is 105 Å². The molecule has 0 bridgehead atoms. The van der Waals surface area contributed by atoms with Crippen molar-refractivity contribution >= 4 is 5.97 Å². The molecule has 0 saturated carbocycles. The zero-order valence-electron chi connectivity index (χ0n) is 10.1. The van der Waals surface area contributed by atoms with Gasteiger partial charge in [0.15, 0.2) is 0 Å². The van der Waals surface area contributed by atoms with E-state index in [2.05, 4.69) is 18.8 Å². The number of hydrogen-bond donors (Lipinski definition) is 1. The Bertz CT molecular complexity index is 475. The highest BCUT2D eigenvalue weighted by molar-refractivity contribution is 5.88. The number of aromatic carboxylic acids is 1. The highest BCUT2D eigenvalue weighted by atomic mass is 19.1. The van der Waals surface area contributed by atoms with Gasteiger partial charge in [-0.15, -0.1) is 0 Å². The smallest absolute Gasteiger partial charge is 0.341 e. The summed E-state index contributed by atoms with van der Waals surface area (Å²) in [6.45, 7) is 2.07. The summed E-state index contributed by atoms with van der Waals surface area (Å²) in [4.78, 5) is 10.6. The fourth-order valence-electron chi connectivity index (χ4n) is 1.48. The van der Waals surface area contributed by atoms with Crippen molar-refractivity contribution in [2.45, 2.75) is 32.6 Å². The predicted octanol–water partition coefficient (Wildman–Crippen LogP) is 3.59. The maximum Gasteiger partial charge on any atom is 0.341 e. The lowest BCUT2D eigenvalue weighted by atomic mass is 10.1. The van der Waals surface area contributed by atoms with Crippen molar-refractivity contribution in [3.8, 4) is 11.8 Å². The van der Waals surface area contributed by atoms with E-state index in [0.717, 1.165) is 31.4 Å². The second-order valence-corrected chi connectivity index (χ2v) is 3.88. The minimum absolute atomic E-state index is 0.159. The molecule has 0 aliphatic carbocycles. The molecule has 0 unspecified atom stereocenters. The van der Waals surface area contributed by atoms with Crippen molar-refractivity contribution in [2.24, 2.45) is 0 Å². The Morgan fingerprint density at radius 3 is 2.39 bits per heavy atom. The number of carbonyl (C=O) groups is 1. The zero-order valence-corrected chi connectivity index (χ0v) is 10.1. The number of carboxylic acids is 1. The van der Waals surface area contributed by atoms with Crippen LogP contribution in [0.5, 0.6) is 0 Å². The van der Waals surface area contributed by atoms with Gasteiger partial charge >= 0.3 is 5.97 Å². The Balaban J connectivity index is 2.83. The monoisotopic (exact) mass is 252 g/mol. The van der Waals surface area contributed by atoms with Crippen LogP contribution in [-0.2, 0) is 0 Å². The van der Waals surface area contributed by atoms with Crippen LogP contribution >= 0.6 is 0 Å². The van der Waals surface area contributed by atoms with E-state index in [-0.39, 0.29) is 5.56 Å². The van der Waals surface area contributed by atoms with E-state index in [1.807, 2.05) is 0 Å². The van der Waals surface area contributed by atoms with Crippen molar-refractivity contribution in [3.63, 3.8) is 0 Å². The first kappa shape index (κ1) is 14.2. The Hall–Kier alpha value is -1.89. The summed E-state index contributed by atoms with van der Waals surface area (Å²) in [5, 5.41) is 8.59. The van der Waals surface area contributed by atoms with Crippen molar-refractivity contribution < 1.29 is 18.7 Å². The zero-order chi connectivity index (χ0) is 13.5. The first-order chi connectivity index (χ1) is 8.56. The Morgan fingerprint density at radius 2 is 1.89 bits per heavy atom. The highest BCUT2D eigenvalue weighted by Crippen LogP contribution is 2.15. The number of rotatable bonds is 4. The lowest BCUT2D eigenvalue weighted by Gasteiger charge is -2.00. The summed E-state index contributed by atoms with van der Waals surface area (Å²) in [5.74, 6) is 1.63. The van der Waals surface area contributed by atoms with E-state index >= 15 is 0 Å². The molecule has 0 fully saturated rings. The standard InChI is InChI=1S/C14H14F2O2/c1-2-3-4-5-6-7-10-8-11(15)13(14(17)18)12(16)9-10/h8-9H,2-5H2,1H3,(H,17,18). The quantitative estimate of drug-likeness (QED) is 0.656. The van der Waals surface area contributed by atoms with E-state index in [4.69, 9.17) is 5.11 Å². The molecule has 1 aromatic carbocycles. The van der Waals surface area contributed by atoms with E-state index in [1.54, 1.807) is 0 Å². The molecule has 0 atom stereocenters. The van der Waals surface area contributed by atoms with E-state index in [1.165, 1.54) is 0 Å². The molecule has 1 aromatic rings. The second kappa shape index (κ2) is 6.75. The molecule has 0 aliphatic heterocycles. The van der Waals surface area contributed by atoms with Crippen LogP contribution in [0, 0.1) is 23.5 Å². The van der Waals surface area contributed by atoms with Gasteiger partial charge in [-0.1, -0.05) is 31.6 Å². The van der Waals surface area contributed by atoms with Gasteiger partial charge in [-0.3, -0.25) is 0 Å². The maximum absolute atomic E-state index is 13.3. The van der Waals surface area contributed by atoms with Gasteiger partial charge in [-0.05, 0) is 18.6 Å². The maximum atomic E-state index is 13.3. The molecule has 1 N–H and O–H groups in total. The van der Waals surface area contributed by atoms with Gasteiger partial charge in [0.1, 0.15) is 17.2 Å². The number of hydrogen-bond acceptors (Lipinski definition) is 1. The lowest BCUT2D eigenvalue weighted by molar-refractivity contribution is 0.0686. The minimum Gasteiger partial charge on any atom is -0.477 e. The van der Waals surface area contributed by atoms with Crippen molar-refractivity contribution in [1.82, 2.24) is 0 Å². The summed E-state index contributed by atoms with van der Waals surface area (Å²) in [5.41, 5.74) is -0.780. The molecule has 0 aliphatic rings. The molecule has 1 rings (SSSR count). The summed E-state index contributed by atoms with van der Waals surface area (Å²) in [6.07, 6.45) is 3.76. The average Bonchev–Trinajstić information content (AvgIpc) is 2.27. The molecule has 4 heteroatoms. The number of halogens is 2. The summed E-state index contributed by atoms with van der Waals surface area (Å²) >= 11 is 0. The molecule has 18 heavy (non-hydrogen) atoms. The van der Waals surface area contributed by atoms with Crippen LogP contribution in [0.2, 0.25) is 0 Å². The van der Waals surface area contributed by atoms with Crippen molar-refractivity contribution in [1.29, 1.82) is 0 Å². The number of unbranched alkanes of at least 4 members (excludes halogenated alkanes) is 3. The largest absolute Gasteiger partial charge is 0.477 e. The molecule has 0 radical (unpaired) electrons. The third-order valence-electron chi connectivity index (χ3n) is 2.39. The van der Waals surface area contributed by atoms with Gasteiger partial charge in [0.05, 0.1) is 0 Å².